The van der Waals surface area contributed by atoms with E-state index in [2.05, 4.69) is 36.2 Å². The van der Waals surface area contributed by atoms with E-state index in [4.69, 9.17) is 10.5 Å². The van der Waals surface area contributed by atoms with Gasteiger partial charge in [-0.05, 0) is 31.0 Å². The van der Waals surface area contributed by atoms with Crippen LogP contribution in [0.4, 0.5) is 5.95 Å². The number of hydrogen-bond donors (Lipinski definition) is 1. The lowest BCUT2D eigenvalue weighted by Crippen LogP contribution is -2.05. The van der Waals surface area contributed by atoms with Crippen molar-refractivity contribution in [1.29, 1.82) is 0 Å². The minimum atomic E-state index is 0.547. The second-order valence-corrected chi connectivity index (χ2v) is 5.22. The smallest absolute Gasteiger partial charge is 0.201 e. The molecule has 4 nitrogen and oxygen atoms in total. The van der Waals surface area contributed by atoms with E-state index in [0.717, 1.165) is 29.7 Å². The zero-order chi connectivity index (χ0) is 14.8. The van der Waals surface area contributed by atoms with Crippen molar-refractivity contribution in [3.8, 4) is 5.75 Å². The highest BCUT2D eigenvalue weighted by Crippen LogP contribution is 2.23. The average Bonchev–Trinajstić information content (AvgIpc) is 2.79. The fourth-order valence-corrected chi connectivity index (χ4v) is 2.59. The highest BCUT2D eigenvalue weighted by atomic mass is 16.5. The molecule has 0 radical (unpaired) electrons. The predicted molar refractivity (Wildman–Crippen MR) is 85.6 cm³/mol. The van der Waals surface area contributed by atoms with Crippen molar-refractivity contribution in [3.05, 3.63) is 53.6 Å². The third-order valence-corrected chi connectivity index (χ3v) is 3.69. The molecule has 3 rings (SSSR count). The number of methoxy groups -OCH3 is 1. The van der Waals surface area contributed by atoms with Crippen LogP contribution in [0.15, 0.2) is 42.5 Å². The molecule has 1 aromatic heterocycles. The van der Waals surface area contributed by atoms with Crippen molar-refractivity contribution in [2.45, 2.75) is 19.9 Å². The molecule has 4 heteroatoms. The predicted octanol–water partition coefficient (Wildman–Crippen LogP) is 3.18. The van der Waals surface area contributed by atoms with E-state index in [-0.39, 0.29) is 0 Å². The van der Waals surface area contributed by atoms with Crippen LogP contribution >= 0.6 is 0 Å². The Morgan fingerprint density at radius 2 is 2.05 bits per heavy atom. The van der Waals surface area contributed by atoms with Gasteiger partial charge in [0.15, 0.2) is 0 Å². The number of rotatable bonds is 4. The molecule has 2 aromatic carbocycles. The molecule has 2 N–H and O–H groups in total. The number of nitrogens with two attached hydrogens (primary N) is 1. The van der Waals surface area contributed by atoms with Crippen molar-refractivity contribution >= 4 is 17.0 Å². The number of nitrogen functional groups attached to an aromatic ring is 1. The van der Waals surface area contributed by atoms with E-state index in [0.29, 0.717) is 5.95 Å². The topological polar surface area (TPSA) is 53.1 Å². The number of aromatic nitrogens is 2. The molecule has 0 saturated carbocycles. The van der Waals surface area contributed by atoms with E-state index in [1.807, 2.05) is 22.8 Å². The van der Waals surface area contributed by atoms with Crippen molar-refractivity contribution in [2.75, 3.05) is 12.8 Å². The summed E-state index contributed by atoms with van der Waals surface area (Å²) in [4.78, 5) is 4.40. The van der Waals surface area contributed by atoms with Gasteiger partial charge in [-0.2, -0.15) is 0 Å². The lowest BCUT2D eigenvalue weighted by atomic mass is 10.1. The number of fused-ring (bicyclic) bond motifs is 1. The molecule has 0 amide bonds. The Kier molecular flexibility index (Phi) is 3.52. The van der Waals surface area contributed by atoms with Crippen molar-refractivity contribution in [2.24, 2.45) is 0 Å². The lowest BCUT2D eigenvalue weighted by molar-refractivity contribution is 0.415. The first-order chi connectivity index (χ1) is 10.2. The van der Waals surface area contributed by atoms with Crippen molar-refractivity contribution in [3.63, 3.8) is 0 Å². The number of anilines is 1. The fraction of sp³-hybridized carbons (Fsp3) is 0.235. The fourth-order valence-electron chi connectivity index (χ4n) is 2.59. The van der Waals surface area contributed by atoms with Crippen LogP contribution in [0.5, 0.6) is 5.75 Å². The molecule has 0 aliphatic carbocycles. The van der Waals surface area contributed by atoms with Gasteiger partial charge in [-0.15, -0.1) is 0 Å². The van der Waals surface area contributed by atoms with Gasteiger partial charge in [-0.3, -0.25) is 0 Å². The first-order valence-electron chi connectivity index (χ1n) is 7.02. The third-order valence-electron chi connectivity index (χ3n) is 3.69. The van der Waals surface area contributed by atoms with Crippen LogP contribution in [0.3, 0.4) is 0 Å². The second-order valence-electron chi connectivity index (χ2n) is 5.22. The summed E-state index contributed by atoms with van der Waals surface area (Å²) < 4.78 is 7.32. The summed E-state index contributed by atoms with van der Waals surface area (Å²) >= 11 is 0. The molecular weight excluding hydrogens is 262 g/mol. The van der Waals surface area contributed by atoms with Gasteiger partial charge >= 0.3 is 0 Å². The molecule has 0 atom stereocenters. The number of imidazole rings is 1. The first-order valence-corrected chi connectivity index (χ1v) is 7.02. The van der Waals surface area contributed by atoms with Crippen LogP contribution in [0, 0.1) is 6.92 Å². The second kappa shape index (κ2) is 5.48. The maximum absolute atomic E-state index is 6.05. The number of nitrogens with zero attached hydrogens (tertiary/aromatic N) is 2. The summed E-state index contributed by atoms with van der Waals surface area (Å²) in [7, 11) is 1.66. The molecule has 0 bridgehead atoms. The van der Waals surface area contributed by atoms with Crippen molar-refractivity contribution in [1.82, 2.24) is 9.55 Å². The van der Waals surface area contributed by atoms with Gasteiger partial charge < -0.3 is 15.0 Å². The molecule has 0 fully saturated rings. The number of ether oxygens (including phenoxy) is 1. The van der Waals surface area contributed by atoms with Crippen LogP contribution in [0.2, 0.25) is 0 Å². The highest BCUT2D eigenvalue weighted by Gasteiger charge is 2.09. The maximum Gasteiger partial charge on any atom is 0.201 e. The Labute approximate surface area is 124 Å². The monoisotopic (exact) mass is 281 g/mol. The van der Waals surface area contributed by atoms with Gasteiger partial charge in [-0.25, -0.2) is 4.98 Å². The quantitative estimate of drug-likeness (QED) is 0.799. The largest absolute Gasteiger partial charge is 0.497 e. The molecule has 1 heterocycles. The Morgan fingerprint density at radius 3 is 2.81 bits per heavy atom. The van der Waals surface area contributed by atoms with Crippen LogP contribution in [0.1, 0.15) is 11.1 Å². The summed E-state index contributed by atoms with van der Waals surface area (Å²) in [5.74, 6) is 1.37. The molecule has 0 aliphatic heterocycles. The van der Waals surface area contributed by atoms with Gasteiger partial charge in [0.05, 0.1) is 18.1 Å². The molecule has 21 heavy (non-hydrogen) atoms. The Hall–Kier alpha value is -2.49. The maximum atomic E-state index is 6.05. The summed E-state index contributed by atoms with van der Waals surface area (Å²) in [6, 6.07) is 14.4. The Morgan fingerprint density at radius 1 is 1.19 bits per heavy atom. The first kappa shape index (κ1) is 13.5. The summed E-state index contributed by atoms with van der Waals surface area (Å²) in [5, 5.41) is 0. The minimum Gasteiger partial charge on any atom is -0.497 e. The average molecular weight is 281 g/mol. The van der Waals surface area contributed by atoms with Gasteiger partial charge in [0, 0.05) is 12.6 Å². The molecule has 0 spiro atoms. The minimum absolute atomic E-state index is 0.547. The zero-order valence-corrected chi connectivity index (χ0v) is 12.3. The molecule has 0 aliphatic rings. The van der Waals surface area contributed by atoms with E-state index in [9.17, 15) is 0 Å². The van der Waals surface area contributed by atoms with Gasteiger partial charge in [0.1, 0.15) is 5.75 Å². The Bertz CT molecular complexity index is 777. The third kappa shape index (κ3) is 2.70. The zero-order valence-electron chi connectivity index (χ0n) is 12.3. The van der Waals surface area contributed by atoms with E-state index >= 15 is 0 Å². The molecule has 0 saturated heterocycles. The standard InChI is InChI=1S/C17H19N3O/c1-12-4-3-5-13(10-12)8-9-20-16-11-14(21-2)6-7-15(16)19-17(20)18/h3-7,10-11H,8-9H2,1-2H3,(H2,18,19). The van der Waals surface area contributed by atoms with Crippen LogP contribution in [-0.4, -0.2) is 16.7 Å². The molecular formula is C17H19N3O. The Balaban J connectivity index is 1.90. The van der Waals surface area contributed by atoms with Crippen LogP contribution in [0.25, 0.3) is 11.0 Å². The summed E-state index contributed by atoms with van der Waals surface area (Å²) in [6.45, 7) is 2.91. The lowest BCUT2D eigenvalue weighted by Gasteiger charge is -2.08. The number of hydrogen-bond acceptors (Lipinski definition) is 3. The van der Waals surface area contributed by atoms with Gasteiger partial charge in [0.25, 0.3) is 0 Å². The number of aryl methyl sites for hydroxylation is 3. The normalized spacial score (nSPS) is 11.0. The summed E-state index contributed by atoms with van der Waals surface area (Å²) in [6.07, 6.45) is 0.925. The van der Waals surface area contributed by atoms with Crippen LogP contribution < -0.4 is 10.5 Å². The van der Waals surface area contributed by atoms with Crippen LogP contribution in [-0.2, 0) is 13.0 Å². The van der Waals surface area contributed by atoms with E-state index in [1.54, 1.807) is 7.11 Å². The van der Waals surface area contributed by atoms with Gasteiger partial charge in [-0.1, -0.05) is 29.8 Å². The molecule has 3 aromatic rings. The van der Waals surface area contributed by atoms with E-state index < -0.39 is 0 Å². The van der Waals surface area contributed by atoms with E-state index in [1.165, 1.54) is 11.1 Å². The molecule has 108 valence electrons. The molecule has 0 unspecified atom stereocenters. The highest BCUT2D eigenvalue weighted by molar-refractivity contribution is 5.79. The number of benzene rings is 2. The summed E-state index contributed by atoms with van der Waals surface area (Å²) in [5.41, 5.74) is 10.5. The van der Waals surface area contributed by atoms with Gasteiger partial charge in [0.2, 0.25) is 5.95 Å². The SMILES string of the molecule is COc1ccc2nc(N)n(CCc3cccc(C)c3)c2c1. The van der Waals surface area contributed by atoms with Crippen molar-refractivity contribution < 1.29 is 4.74 Å².